The topological polar surface area (TPSA) is 53.5 Å². The van der Waals surface area contributed by atoms with Crippen molar-refractivity contribution in [3.8, 4) is 0 Å². The van der Waals surface area contributed by atoms with Crippen LogP contribution in [-0.4, -0.2) is 60.1 Å². The molecule has 2 aliphatic rings. The van der Waals surface area contributed by atoms with Gasteiger partial charge < -0.3 is 9.84 Å². The first-order valence-electron chi connectivity index (χ1n) is 10.0. The maximum Gasteiger partial charge on any atom is 0.394 e. The van der Waals surface area contributed by atoms with Gasteiger partial charge in [0, 0.05) is 17.8 Å². The van der Waals surface area contributed by atoms with Gasteiger partial charge in [-0.3, -0.25) is 10.0 Å². The first-order chi connectivity index (χ1) is 13.5. The second-order valence-electron chi connectivity index (χ2n) is 8.15. The Hall–Kier alpha value is 0.205. The molecule has 8 atom stereocenters. The molecule has 29 heavy (non-hydrogen) atoms. The number of allylic oxidation sites excluding steroid dienone is 2. The highest BCUT2D eigenvalue weighted by Gasteiger charge is 2.41. The SMILES string of the molecule is BC1CC(SN[C@H](C)CC(O)C(C)C(F)(F)F)CNC1OC1=CCCC(Cl)C1Cl. The van der Waals surface area contributed by atoms with E-state index in [1.165, 1.54) is 11.9 Å². The Labute approximate surface area is 186 Å². The van der Waals surface area contributed by atoms with Crippen molar-refractivity contribution in [2.45, 2.75) is 85.9 Å². The predicted octanol–water partition coefficient (Wildman–Crippen LogP) is 3.58. The van der Waals surface area contributed by atoms with E-state index in [4.69, 9.17) is 27.9 Å². The summed E-state index contributed by atoms with van der Waals surface area (Å²) in [5, 5.41) is 13.0. The zero-order valence-electron chi connectivity index (χ0n) is 16.9. The number of halogens is 5. The van der Waals surface area contributed by atoms with Crippen LogP contribution in [0.25, 0.3) is 0 Å². The summed E-state index contributed by atoms with van der Waals surface area (Å²) in [7, 11) is 2.09. The standard InChI is InChI=1S/C18H30BCl2F3N2O2S/c1-9(6-14(27)10(2)18(22,23)24)26-29-11-7-12(19)17(25-8-11)28-15-5-3-4-13(20)16(15)21/h5,9-14,16-17,25-27H,3-4,6-8,19H2,1-2H3/t9-,10?,11?,12?,13?,14?,16?,17?/m1/s1. The molecule has 1 aliphatic carbocycles. The van der Waals surface area contributed by atoms with Gasteiger partial charge in [0.15, 0.2) is 0 Å². The molecule has 0 radical (unpaired) electrons. The minimum atomic E-state index is -4.39. The highest BCUT2D eigenvalue weighted by Crippen LogP contribution is 2.34. The van der Waals surface area contributed by atoms with Gasteiger partial charge in [0.2, 0.25) is 0 Å². The number of aliphatic hydroxyl groups is 1. The fourth-order valence-corrected chi connectivity index (χ4v) is 5.06. The molecule has 1 saturated heterocycles. The number of rotatable bonds is 8. The van der Waals surface area contributed by atoms with Crippen LogP contribution in [0.4, 0.5) is 13.2 Å². The Kier molecular flexibility index (Phi) is 9.82. The van der Waals surface area contributed by atoms with Crippen molar-refractivity contribution in [1.82, 2.24) is 10.0 Å². The van der Waals surface area contributed by atoms with Crippen LogP contribution in [0.1, 0.15) is 39.5 Å². The number of hydrogen-bond acceptors (Lipinski definition) is 5. The molecule has 0 aromatic heterocycles. The van der Waals surface area contributed by atoms with E-state index in [-0.39, 0.29) is 40.5 Å². The largest absolute Gasteiger partial charge is 0.479 e. The van der Waals surface area contributed by atoms with E-state index < -0.39 is 18.2 Å². The fraction of sp³-hybridized carbons (Fsp3) is 0.889. The summed E-state index contributed by atoms with van der Waals surface area (Å²) in [6.07, 6.45) is -1.33. The molecule has 3 N–H and O–H groups in total. The zero-order valence-corrected chi connectivity index (χ0v) is 19.2. The third kappa shape index (κ3) is 7.68. The second kappa shape index (κ2) is 11.2. The van der Waals surface area contributed by atoms with E-state index >= 15 is 0 Å². The molecule has 1 fully saturated rings. The summed E-state index contributed by atoms with van der Waals surface area (Å²) < 4.78 is 47.3. The van der Waals surface area contributed by atoms with Crippen LogP contribution in [0.3, 0.4) is 0 Å². The van der Waals surface area contributed by atoms with Gasteiger partial charge in [-0.05, 0) is 44.5 Å². The maximum atomic E-state index is 12.7. The molecule has 4 nitrogen and oxygen atoms in total. The van der Waals surface area contributed by atoms with Crippen LogP contribution in [0, 0.1) is 5.92 Å². The Morgan fingerprint density at radius 1 is 1.41 bits per heavy atom. The van der Waals surface area contributed by atoms with Crippen molar-refractivity contribution in [2.24, 2.45) is 5.92 Å². The number of piperidine rings is 1. The quantitative estimate of drug-likeness (QED) is 0.284. The molecule has 0 spiro atoms. The van der Waals surface area contributed by atoms with Gasteiger partial charge in [-0.1, -0.05) is 18.9 Å². The molecular weight excluding hydrogens is 447 g/mol. The first-order valence-corrected chi connectivity index (χ1v) is 11.8. The summed E-state index contributed by atoms with van der Waals surface area (Å²) in [5.74, 6) is -0.777. The van der Waals surface area contributed by atoms with Gasteiger partial charge in [0.25, 0.3) is 0 Å². The van der Waals surface area contributed by atoms with Gasteiger partial charge in [-0.25, -0.2) is 0 Å². The molecule has 7 unspecified atom stereocenters. The lowest BCUT2D eigenvalue weighted by atomic mass is 9.79. The number of ether oxygens (including phenoxy) is 1. The number of hydrogen-bond donors (Lipinski definition) is 3. The molecule has 0 saturated carbocycles. The van der Waals surface area contributed by atoms with E-state index in [1.807, 2.05) is 6.08 Å². The third-order valence-electron chi connectivity index (χ3n) is 5.46. The molecule has 168 valence electrons. The second-order valence-corrected chi connectivity index (χ2v) is 10.3. The predicted molar refractivity (Wildman–Crippen MR) is 116 cm³/mol. The van der Waals surface area contributed by atoms with Gasteiger partial charge >= 0.3 is 6.18 Å². The summed E-state index contributed by atoms with van der Waals surface area (Å²) in [6, 6.07) is -0.242. The monoisotopic (exact) mass is 476 g/mol. The van der Waals surface area contributed by atoms with Crippen LogP contribution in [0.5, 0.6) is 0 Å². The van der Waals surface area contributed by atoms with E-state index in [9.17, 15) is 18.3 Å². The van der Waals surface area contributed by atoms with Gasteiger partial charge in [0.1, 0.15) is 25.2 Å². The fourth-order valence-electron chi connectivity index (χ4n) is 3.44. The molecule has 11 heteroatoms. The minimum Gasteiger partial charge on any atom is -0.479 e. The molecule has 0 amide bonds. The molecule has 1 aliphatic heterocycles. The van der Waals surface area contributed by atoms with Crippen LogP contribution in [-0.2, 0) is 4.74 Å². The summed E-state index contributed by atoms with van der Waals surface area (Å²) >= 11 is 14.1. The lowest BCUT2D eigenvalue weighted by Crippen LogP contribution is -2.47. The minimum absolute atomic E-state index is 0.0416. The molecule has 0 bridgehead atoms. The van der Waals surface area contributed by atoms with Gasteiger partial charge in [-0.2, -0.15) is 13.2 Å². The van der Waals surface area contributed by atoms with E-state index in [1.54, 1.807) is 6.92 Å². The van der Waals surface area contributed by atoms with Crippen molar-refractivity contribution < 1.29 is 23.0 Å². The summed E-state index contributed by atoms with van der Waals surface area (Å²) in [4.78, 5) is 0. The normalized spacial score (nSPS) is 34.2. The lowest BCUT2D eigenvalue weighted by molar-refractivity contribution is -0.195. The van der Waals surface area contributed by atoms with Crippen molar-refractivity contribution in [3.05, 3.63) is 11.8 Å². The Bertz CT molecular complexity index is 562. The highest BCUT2D eigenvalue weighted by molar-refractivity contribution is 7.98. The Morgan fingerprint density at radius 3 is 2.72 bits per heavy atom. The molecular formula is C18H30BCl2F3N2O2S. The van der Waals surface area contributed by atoms with E-state index in [0.717, 1.165) is 31.9 Å². The van der Waals surface area contributed by atoms with Crippen molar-refractivity contribution in [2.75, 3.05) is 6.54 Å². The van der Waals surface area contributed by atoms with Gasteiger partial charge in [0.05, 0.1) is 17.4 Å². The van der Waals surface area contributed by atoms with E-state index in [0.29, 0.717) is 6.54 Å². The molecule has 1 heterocycles. The lowest BCUT2D eigenvalue weighted by Gasteiger charge is -2.37. The average molecular weight is 477 g/mol. The van der Waals surface area contributed by atoms with Crippen molar-refractivity contribution >= 4 is 43.0 Å². The van der Waals surface area contributed by atoms with E-state index in [2.05, 4.69) is 17.9 Å². The van der Waals surface area contributed by atoms with Crippen LogP contribution in [0.15, 0.2) is 11.8 Å². The number of nitrogens with one attached hydrogen (secondary N) is 2. The number of alkyl halides is 5. The van der Waals surface area contributed by atoms with Crippen LogP contribution < -0.4 is 10.0 Å². The Balaban J connectivity index is 1.73. The Morgan fingerprint density at radius 2 is 2.10 bits per heavy atom. The smallest absolute Gasteiger partial charge is 0.394 e. The highest BCUT2D eigenvalue weighted by atomic mass is 35.5. The van der Waals surface area contributed by atoms with Crippen LogP contribution >= 0.6 is 35.1 Å². The third-order valence-corrected chi connectivity index (χ3v) is 7.81. The van der Waals surface area contributed by atoms with Crippen molar-refractivity contribution in [3.63, 3.8) is 0 Å². The molecule has 0 aromatic rings. The molecule has 2 rings (SSSR count). The average Bonchev–Trinajstić information content (AvgIpc) is 2.64. The maximum absolute atomic E-state index is 12.7. The zero-order chi connectivity index (χ0) is 21.8. The number of aliphatic hydroxyl groups excluding tert-OH is 1. The molecule has 0 aromatic carbocycles. The van der Waals surface area contributed by atoms with Gasteiger partial charge in [-0.15, -0.1) is 23.2 Å². The first kappa shape index (κ1) is 25.5. The van der Waals surface area contributed by atoms with Crippen molar-refractivity contribution in [1.29, 1.82) is 0 Å². The summed E-state index contributed by atoms with van der Waals surface area (Å²) in [6.45, 7) is 3.49. The van der Waals surface area contributed by atoms with Crippen LogP contribution in [0.2, 0.25) is 5.82 Å². The summed E-state index contributed by atoms with van der Waals surface area (Å²) in [5.41, 5.74) is 0.